The van der Waals surface area contributed by atoms with Gasteiger partial charge in [-0.25, -0.2) is 0 Å². The molecule has 0 fully saturated rings. The van der Waals surface area contributed by atoms with E-state index in [-0.39, 0.29) is 0 Å². The van der Waals surface area contributed by atoms with Crippen LogP contribution in [0, 0.1) is 0 Å². The molecule has 0 bridgehead atoms. The second-order valence-corrected chi connectivity index (χ2v) is 2.58. The van der Waals surface area contributed by atoms with Crippen molar-refractivity contribution in [2.24, 2.45) is 0 Å². The molecule has 1 N–H and O–H groups in total. The van der Waals surface area contributed by atoms with Crippen LogP contribution in [0.1, 0.15) is 0 Å². The zero-order chi connectivity index (χ0) is 7.82. The fraction of sp³-hybridized carbons (Fsp3) is 0.250. The van der Waals surface area contributed by atoms with Crippen LogP contribution in [0.15, 0.2) is 30.3 Å². The van der Waals surface area contributed by atoms with Crippen LogP contribution in [-0.4, -0.2) is 14.1 Å². The van der Waals surface area contributed by atoms with Crippen molar-refractivity contribution in [2.45, 2.75) is 0 Å². The second-order valence-electron chi connectivity index (χ2n) is 1.91. The first-order valence-electron chi connectivity index (χ1n) is 3.20. The van der Waals surface area contributed by atoms with Crippen LogP contribution in [0.2, 0.25) is 0 Å². The lowest BCUT2D eigenvalue weighted by Crippen LogP contribution is -1.89. The van der Waals surface area contributed by atoms with E-state index in [2.05, 4.69) is 14.6 Å². The molecule has 0 amide bonds. The van der Waals surface area contributed by atoms with Crippen LogP contribution in [-0.2, 0) is 0 Å². The lowest BCUT2D eigenvalue weighted by atomic mass is 10.4. The molecule has 1 nitrogen and oxygen atoms in total. The Kier molecular flexibility index (Phi) is 6.46. The summed E-state index contributed by atoms with van der Waals surface area (Å²) >= 11 is 0. The minimum absolute atomic E-state index is 1.24. The van der Waals surface area contributed by atoms with Crippen molar-refractivity contribution < 1.29 is 0 Å². The van der Waals surface area contributed by atoms with Crippen LogP contribution in [0.3, 0.4) is 0 Å². The molecule has 0 aliphatic heterocycles. The molecule has 0 spiro atoms. The molecule has 10 heavy (non-hydrogen) atoms. The summed E-state index contributed by atoms with van der Waals surface area (Å²) in [6.07, 6.45) is 0. The second kappa shape index (κ2) is 6.73. The Morgan fingerprint density at radius 3 is 1.70 bits per heavy atom. The van der Waals surface area contributed by atoms with Gasteiger partial charge in [-0.05, 0) is 19.4 Å². The Bertz CT molecular complexity index is 151. The molecule has 1 aromatic rings. The molecule has 1 aromatic carbocycles. The molecule has 56 valence electrons. The predicted molar refractivity (Wildman–Crippen MR) is 50.8 cm³/mol. The molecule has 0 saturated carbocycles. The largest absolute Gasteiger partial charge is 0.323 e. The highest BCUT2D eigenvalue weighted by Crippen LogP contribution is 1.86. The van der Waals surface area contributed by atoms with Gasteiger partial charge in [-0.3, -0.25) is 0 Å². The Labute approximate surface area is 65.0 Å². The Morgan fingerprint density at radius 1 is 1.10 bits per heavy atom. The standard InChI is InChI=1S/C6H7P.C2H7N/c7-6-4-2-1-3-5-6;1-3-2/h1-5H,7H2;3H,1-2H3. The molecule has 0 aliphatic rings. The molecule has 2 heteroatoms. The van der Waals surface area contributed by atoms with E-state index in [4.69, 9.17) is 0 Å². The zero-order valence-electron chi connectivity index (χ0n) is 6.46. The van der Waals surface area contributed by atoms with Gasteiger partial charge in [-0.15, -0.1) is 9.24 Å². The minimum Gasteiger partial charge on any atom is -0.323 e. The summed E-state index contributed by atoms with van der Waals surface area (Å²) in [5.41, 5.74) is 0. The molecular weight excluding hydrogens is 141 g/mol. The third-order valence-corrected chi connectivity index (χ3v) is 1.18. The molecule has 0 saturated heterocycles. The highest BCUT2D eigenvalue weighted by atomic mass is 31.0. The Morgan fingerprint density at radius 2 is 1.50 bits per heavy atom. The average Bonchev–Trinajstić information content (AvgIpc) is 1.91. The predicted octanol–water partition coefficient (Wildman–Crippen LogP) is 1.02. The summed E-state index contributed by atoms with van der Waals surface area (Å²) in [6.45, 7) is 0. The quantitative estimate of drug-likeness (QED) is 0.551. The molecule has 0 radical (unpaired) electrons. The van der Waals surface area contributed by atoms with Crippen molar-refractivity contribution in [2.75, 3.05) is 14.1 Å². The van der Waals surface area contributed by atoms with Crippen molar-refractivity contribution in [1.82, 2.24) is 5.32 Å². The summed E-state index contributed by atoms with van der Waals surface area (Å²) in [5.74, 6) is 0. The van der Waals surface area contributed by atoms with Crippen LogP contribution in [0.25, 0.3) is 0 Å². The first-order valence-corrected chi connectivity index (χ1v) is 3.78. The first-order chi connectivity index (χ1) is 4.81. The van der Waals surface area contributed by atoms with Crippen LogP contribution in [0.5, 0.6) is 0 Å². The van der Waals surface area contributed by atoms with Crippen molar-refractivity contribution in [3.8, 4) is 0 Å². The Hall–Kier alpha value is -0.390. The van der Waals surface area contributed by atoms with E-state index < -0.39 is 0 Å². The van der Waals surface area contributed by atoms with Gasteiger partial charge < -0.3 is 5.32 Å². The van der Waals surface area contributed by atoms with Gasteiger partial charge in [0, 0.05) is 0 Å². The molecule has 0 aromatic heterocycles. The molecule has 0 heterocycles. The van der Waals surface area contributed by atoms with E-state index in [9.17, 15) is 0 Å². The highest BCUT2D eigenvalue weighted by Gasteiger charge is 1.72. The van der Waals surface area contributed by atoms with Gasteiger partial charge in [0.1, 0.15) is 0 Å². The number of hydrogen-bond acceptors (Lipinski definition) is 1. The lowest BCUT2D eigenvalue weighted by Gasteiger charge is -1.82. The number of hydrogen-bond donors (Lipinski definition) is 1. The van der Waals surface area contributed by atoms with E-state index in [1.165, 1.54) is 5.30 Å². The van der Waals surface area contributed by atoms with Crippen molar-refractivity contribution in [3.63, 3.8) is 0 Å². The SMILES string of the molecule is CNC.Pc1ccccc1. The van der Waals surface area contributed by atoms with Gasteiger partial charge in [0.2, 0.25) is 0 Å². The smallest absolute Gasteiger partial charge is 0.0167 e. The number of nitrogens with one attached hydrogen (secondary N) is 1. The van der Waals surface area contributed by atoms with Crippen molar-refractivity contribution >= 4 is 14.5 Å². The van der Waals surface area contributed by atoms with Crippen LogP contribution >= 0.6 is 9.24 Å². The summed E-state index contributed by atoms with van der Waals surface area (Å²) in [7, 11) is 6.38. The normalized spacial score (nSPS) is 7.90. The third-order valence-electron chi connectivity index (χ3n) is 0.800. The highest BCUT2D eigenvalue weighted by molar-refractivity contribution is 7.27. The van der Waals surface area contributed by atoms with Gasteiger partial charge in [0.05, 0.1) is 0 Å². The Balaban J connectivity index is 0.000000236. The van der Waals surface area contributed by atoms with E-state index in [1.807, 2.05) is 44.4 Å². The van der Waals surface area contributed by atoms with E-state index in [0.29, 0.717) is 0 Å². The molecule has 1 rings (SSSR count). The molecule has 1 atom stereocenters. The summed E-state index contributed by atoms with van der Waals surface area (Å²) in [5, 5.41) is 3.99. The van der Waals surface area contributed by atoms with E-state index in [0.717, 1.165) is 0 Å². The van der Waals surface area contributed by atoms with E-state index in [1.54, 1.807) is 0 Å². The summed E-state index contributed by atoms with van der Waals surface area (Å²) in [6, 6.07) is 10.1. The fourth-order valence-corrected chi connectivity index (χ4v) is 0.675. The van der Waals surface area contributed by atoms with Gasteiger partial charge in [-0.2, -0.15) is 0 Å². The van der Waals surface area contributed by atoms with Gasteiger partial charge in [0.15, 0.2) is 0 Å². The number of benzene rings is 1. The van der Waals surface area contributed by atoms with Gasteiger partial charge in [0.25, 0.3) is 0 Å². The van der Waals surface area contributed by atoms with Gasteiger partial charge in [-0.1, -0.05) is 30.3 Å². The minimum atomic E-state index is 1.24. The van der Waals surface area contributed by atoms with E-state index >= 15 is 0 Å². The third kappa shape index (κ3) is 5.74. The summed E-state index contributed by atoms with van der Waals surface area (Å²) < 4.78 is 0. The average molecular weight is 155 g/mol. The number of rotatable bonds is 0. The van der Waals surface area contributed by atoms with Crippen LogP contribution < -0.4 is 10.6 Å². The maximum Gasteiger partial charge on any atom is -0.0167 e. The maximum absolute atomic E-state index is 2.75. The first kappa shape index (κ1) is 9.61. The molecule has 1 unspecified atom stereocenters. The van der Waals surface area contributed by atoms with Gasteiger partial charge >= 0.3 is 0 Å². The summed E-state index contributed by atoms with van der Waals surface area (Å²) in [4.78, 5) is 0. The lowest BCUT2D eigenvalue weighted by molar-refractivity contribution is 1.02. The molecular formula is C8H14NP. The van der Waals surface area contributed by atoms with Crippen LogP contribution in [0.4, 0.5) is 0 Å². The topological polar surface area (TPSA) is 12.0 Å². The zero-order valence-corrected chi connectivity index (χ0v) is 7.62. The maximum atomic E-state index is 2.75. The van der Waals surface area contributed by atoms with Crippen molar-refractivity contribution in [3.05, 3.63) is 30.3 Å². The molecule has 0 aliphatic carbocycles. The monoisotopic (exact) mass is 155 g/mol. The van der Waals surface area contributed by atoms with Crippen molar-refractivity contribution in [1.29, 1.82) is 0 Å². The fourth-order valence-electron chi connectivity index (χ4n) is 0.453.